The van der Waals surface area contributed by atoms with Gasteiger partial charge in [0.1, 0.15) is 5.82 Å². The summed E-state index contributed by atoms with van der Waals surface area (Å²) in [4.78, 5) is 3.84. The second-order valence-corrected chi connectivity index (χ2v) is 2.50. The molecule has 0 bridgehead atoms. The zero-order valence-electron chi connectivity index (χ0n) is 6.90. The molecule has 4 heteroatoms. The van der Waals surface area contributed by atoms with Gasteiger partial charge < -0.3 is 15.4 Å². The second-order valence-electron chi connectivity index (χ2n) is 2.50. The van der Waals surface area contributed by atoms with E-state index in [0.717, 1.165) is 13.0 Å². The minimum atomic E-state index is 0.0296. The van der Waals surface area contributed by atoms with Crippen LogP contribution in [0.5, 0.6) is 5.88 Å². The zero-order valence-corrected chi connectivity index (χ0v) is 6.90. The summed E-state index contributed by atoms with van der Waals surface area (Å²) in [6.07, 6.45) is 4.06. The molecule has 0 atom stereocenters. The fourth-order valence-electron chi connectivity index (χ4n) is 1.02. The van der Waals surface area contributed by atoms with Gasteiger partial charge in [-0.15, -0.1) is 0 Å². The molecule has 66 valence electrons. The van der Waals surface area contributed by atoms with E-state index in [-0.39, 0.29) is 5.88 Å². The highest BCUT2D eigenvalue weighted by molar-refractivity contribution is 5.38. The predicted molar refractivity (Wildman–Crippen MR) is 47.7 cm³/mol. The molecule has 0 spiro atoms. The van der Waals surface area contributed by atoms with Crippen LogP contribution in [-0.2, 0) is 6.54 Å². The maximum Gasteiger partial charge on any atom is 0.229 e. The molecule has 1 rings (SSSR count). The van der Waals surface area contributed by atoms with Gasteiger partial charge in [0.15, 0.2) is 0 Å². The maximum atomic E-state index is 9.05. The van der Waals surface area contributed by atoms with E-state index in [1.165, 1.54) is 0 Å². The van der Waals surface area contributed by atoms with Crippen LogP contribution in [0.3, 0.4) is 0 Å². The van der Waals surface area contributed by atoms with Crippen LogP contribution in [0.25, 0.3) is 6.08 Å². The minimum absolute atomic E-state index is 0.0296. The van der Waals surface area contributed by atoms with E-state index in [2.05, 4.69) is 11.6 Å². The smallest absolute Gasteiger partial charge is 0.229 e. The van der Waals surface area contributed by atoms with Gasteiger partial charge in [0, 0.05) is 6.54 Å². The van der Waals surface area contributed by atoms with Crippen LogP contribution in [-0.4, -0.2) is 21.2 Å². The van der Waals surface area contributed by atoms with Crippen LogP contribution in [0.1, 0.15) is 12.2 Å². The Morgan fingerprint density at radius 1 is 1.75 bits per heavy atom. The van der Waals surface area contributed by atoms with E-state index < -0.39 is 0 Å². The van der Waals surface area contributed by atoms with Gasteiger partial charge in [-0.2, -0.15) is 4.98 Å². The van der Waals surface area contributed by atoms with Crippen molar-refractivity contribution >= 4 is 6.08 Å². The maximum absolute atomic E-state index is 9.05. The van der Waals surface area contributed by atoms with Crippen LogP contribution >= 0.6 is 0 Å². The van der Waals surface area contributed by atoms with Gasteiger partial charge in [0.2, 0.25) is 5.88 Å². The molecule has 1 aromatic rings. The average molecular weight is 167 g/mol. The van der Waals surface area contributed by atoms with Crippen molar-refractivity contribution in [2.75, 3.05) is 6.54 Å². The summed E-state index contributed by atoms with van der Waals surface area (Å²) in [6.45, 7) is 4.99. The van der Waals surface area contributed by atoms with Crippen molar-refractivity contribution in [3.8, 4) is 5.88 Å². The van der Waals surface area contributed by atoms with Gasteiger partial charge in [0.25, 0.3) is 0 Å². The van der Waals surface area contributed by atoms with E-state index in [4.69, 9.17) is 10.8 Å². The zero-order chi connectivity index (χ0) is 8.97. The summed E-state index contributed by atoms with van der Waals surface area (Å²) in [5.41, 5.74) is 5.35. The fraction of sp³-hybridized carbons (Fsp3) is 0.375. The molecule has 0 aliphatic rings. The van der Waals surface area contributed by atoms with Crippen LogP contribution in [0.2, 0.25) is 0 Å². The summed E-state index contributed by atoms with van der Waals surface area (Å²) in [5.74, 6) is 0.711. The van der Waals surface area contributed by atoms with Crippen molar-refractivity contribution in [2.24, 2.45) is 5.73 Å². The Morgan fingerprint density at radius 2 is 2.50 bits per heavy atom. The van der Waals surface area contributed by atoms with E-state index in [1.807, 2.05) is 4.57 Å². The van der Waals surface area contributed by atoms with Crippen LogP contribution in [0, 0.1) is 0 Å². The SMILES string of the molecule is C=Cc1nc(O)cn1CCCN. The molecule has 0 aliphatic carbocycles. The molecule has 3 N–H and O–H groups in total. The number of hydrogen-bond acceptors (Lipinski definition) is 3. The lowest BCUT2D eigenvalue weighted by atomic mass is 10.4. The van der Waals surface area contributed by atoms with Gasteiger partial charge in [-0.05, 0) is 19.0 Å². The van der Waals surface area contributed by atoms with Crippen molar-refractivity contribution in [3.63, 3.8) is 0 Å². The summed E-state index contributed by atoms with van der Waals surface area (Å²) in [7, 11) is 0. The molecule has 0 saturated carbocycles. The third-order valence-electron chi connectivity index (χ3n) is 1.58. The molecular formula is C8H13N3O. The quantitative estimate of drug-likeness (QED) is 0.689. The van der Waals surface area contributed by atoms with Crippen LogP contribution in [0.4, 0.5) is 0 Å². The molecule has 0 unspecified atom stereocenters. The van der Waals surface area contributed by atoms with Crippen molar-refractivity contribution in [2.45, 2.75) is 13.0 Å². The van der Waals surface area contributed by atoms with Crippen molar-refractivity contribution in [1.29, 1.82) is 0 Å². The first-order valence-electron chi connectivity index (χ1n) is 3.86. The predicted octanol–water partition coefficient (Wildman–Crippen LogP) is 0.581. The lowest BCUT2D eigenvalue weighted by Crippen LogP contribution is -2.06. The largest absolute Gasteiger partial charge is 0.492 e. The van der Waals surface area contributed by atoms with E-state index in [0.29, 0.717) is 12.4 Å². The number of aromatic hydroxyl groups is 1. The second kappa shape index (κ2) is 3.92. The van der Waals surface area contributed by atoms with E-state index in [9.17, 15) is 0 Å². The first-order chi connectivity index (χ1) is 5.77. The molecule has 0 aromatic carbocycles. The third kappa shape index (κ3) is 1.85. The summed E-state index contributed by atoms with van der Waals surface area (Å²) in [5, 5.41) is 9.05. The lowest BCUT2D eigenvalue weighted by Gasteiger charge is -2.01. The summed E-state index contributed by atoms with van der Waals surface area (Å²) >= 11 is 0. The molecule has 0 aliphatic heterocycles. The third-order valence-corrected chi connectivity index (χ3v) is 1.58. The minimum Gasteiger partial charge on any atom is -0.492 e. The van der Waals surface area contributed by atoms with Crippen molar-refractivity contribution in [1.82, 2.24) is 9.55 Å². The Labute approximate surface area is 71.3 Å². The standard InChI is InChI=1S/C8H13N3O/c1-2-7-10-8(12)6-11(7)5-3-4-9/h2,6,12H,1,3-5,9H2. The average Bonchev–Trinajstić information content (AvgIpc) is 2.42. The van der Waals surface area contributed by atoms with Gasteiger partial charge in [-0.3, -0.25) is 0 Å². The normalized spacial score (nSPS) is 10.1. The Kier molecular flexibility index (Phi) is 2.88. The Balaban J connectivity index is 2.74. The molecule has 12 heavy (non-hydrogen) atoms. The molecule has 0 fully saturated rings. The number of rotatable bonds is 4. The molecule has 4 nitrogen and oxygen atoms in total. The number of nitrogens with two attached hydrogens (primary N) is 1. The highest BCUT2D eigenvalue weighted by Gasteiger charge is 2.01. The summed E-state index contributed by atoms with van der Waals surface area (Å²) in [6, 6.07) is 0. The molecule has 1 aromatic heterocycles. The van der Waals surface area contributed by atoms with Gasteiger partial charge in [-0.25, -0.2) is 0 Å². The molecule has 0 radical (unpaired) electrons. The molecule has 0 saturated heterocycles. The van der Waals surface area contributed by atoms with Gasteiger partial charge in [-0.1, -0.05) is 6.58 Å². The highest BCUT2D eigenvalue weighted by atomic mass is 16.3. The molecular weight excluding hydrogens is 154 g/mol. The number of imidazole rings is 1. The number of aryl methyl sites for hydroxylation is 1. The number of hydrogen-bond donors (Lipinski definition) is 2. The topological polar surface area (TPSA) is 64.1 Å². The Bertz CT molecular complexity index is 267. The van der Waals surface area contributed by atoms with Gasteiger partial charge in [0.05, 0.1) is 6.20 Å². The molecule has 0 amide bonds. The number of aromatic nitrogens is 2. The summed E-state index contributed by atoms with van der Waals surface area (Å²) < 4.78 is 1.83. The monoisotopic (exact) mass is 167 g/mol. The lowest BCUT2D eigenvalue weighted by molar-refractivity contribution is 0.455. The first kappa shape index (κ1) is 8.80. The van der Waals surface area contributed by atoms with Gasteiger partial charge >= 0.3 is 0 Å². The highest BCUT2D eigenvalue weighted by Crippen LogP contribution is 2.10. The Hall–Kier alpha value is -1.29. The molecule has 1 heterocycles. The Morgan fingerprint density at radius 3 is 3.08 bits per heavy atom. The van der Waals surface area contributed by atoms with Crippen LogP contribution < -0.4 is 5.73 Å². The number of nitrogens with zero attached hydrogens (tertiary/aromatic N) is 2. The van der Waals surface area contributed by atoms with E-state index in [1.54, 1.807) is 12.3 Å². The van der Waals surface area contributed by atoms with Crippen LogP contribution in [0.15, 0.2) is 12.8 Å². The fourth-order valence-corrected chi connectivity index (χ4v) is 1.02. The van der Waals surface area contributed by atoms with Crippen molar-refractivity contribution < 1.29 is 5.11 Å². The van der Waals surface area contributed by atoms with Crippen molar-refractivity contribution in [3.05, 3.63) is 18.6 Å². The first-order valence-corrected chi connectivity index (χ1v) is 3.86. The van der Waals surface area contributed by atoms with E-state index >= 15 is 0 Å².